The first-order chi connectivity index (χ1) is 11.2. The Bertz CT molecular complexity index is 741. The van der Waals surface area contributed by atoms with Crippen LogP contribution in [0.1, 0.15) is 34.8 Å². The number of carbonyl (C=O) groups excluding carboxylic acids is 2. The third kappa shape index (κ3) is 4.35. The van der Waals surface area contributed by atoms with Gasteiger partial charge in [0, 0.05) is 12.6 Å². The van der Waals surface area contributed by atoms with E-state index in [0.717, 1.165) is 11.1 Å². The average Bonchev–Trinajstić information content (AvgIpc) is 2.88. The van der Waals surface area contributed by atoms with Crippen LogP contribution in [0.5, 0.6) is 0 Å². The highest BCUT2D eigenvalue weighted by Gasteiger charge is 2.34. The van der Waals surface area contributed by atoms with Crippen LogP contribution < -0.4 is 0 Å². The van der Waals surface area contributed by atoms with Crippen molar-refractivity contribution in [2.24, 2.45) is 0 Å². The second kappa shape index (κ2) is 7.34. The molecular formula is C17H23NO5S. The third-order valence-electron chi connectivity index (χ3n) is 4.38. The Balaban J connectivity index is 1.95. The van der Waals surface area contributed by atoms with E-state index in [1.807, 2.05) is 19.9 Å². The maximum Gasteiger partial charge on any atom is 0.338 e. The van der Waals surface area contributed by atoms with Crippen LogP contribution >= 0.6 is 0 Å². The number of rotatable bonds is 5. The Morgan fingerprint density at radius 3 is 2.50 bits per heavy atom. The standard InChI is InChI=1S/C17H23NO5S/c1-4-18(15-7-8-24(21,22)11-15)16(19)10-23-17(20)14-6-5-12(2)13(3)9-14/h5-6,9,15H,4,7-8,10-11H2,1-3H3. The van der Waals surface area contributed by atoms with Gasteiger partial charge in [0.25, 0.3) is 5.91 Å². The van der Waals surface area contributed by atoms with Crippen LogP contribution in [0.4, 0.5) is 0 Å². The molecule has 0 radical (unpaired) electrons. The summed E-state index contributed by atoms with van der Waals surface area (Å²) >= 11 is 0. The van der Waals surface area contributed by atoms with Crippen LogP contribution in [0.2, 0.25) is 0 Å². The Hall–Kier alpha value is -1.89. The smallest absolute Gasteiger partial charge is 0.338 e. The van der Waals surface area contributed by atoms with Crippen molar-refractivity contribution < 1.29 is 22.7 Å². The van der Waals surface area contributed by atoms with E-state index >= 15 is 0 Å². The van der Waals surface area contributed by atoms with Gasteiger partial charge in [0.15, 0.2) is 16.4 Å². The molecular weight excluding hydrogens is 330 g/mol. The molecule has 0 N–H and O–H groups in total. The molecule has 1 saturated heterocycles. The van der Waals surface area contributed by atoms with E-state index in [1.165, 1.54) is 4.90 Å². The molecule has 132 valence electrons. The number of aryl methyl sites for hydroxylation is 2. The zero-order valence-corrected chi connectivity index (χ0v) is 15.1. The van der Waals surface area contributed by atoms with Crippen LogP contribution in [-0.2, 0) is 19.4 Å². The number of ether oxygens (including phenoxy) is 1. The fourth-order valence-electron chi connectivity index (χ4n) is 2.82. The lowest BCUT2D eigenvalue weighted by Crippen LogP contribution is -2.43. The summed E-state index contributed by atoms with van der Waals surface area (Å²) in [6.07, 6.45) is 0.438. The number of carbonyl (C=O) groups is 2. The maximum absolute atomic E-state index is 12.3. The molecule has 1 fully saturated rings. The van der Waals surface area contributed by atoms with Crippen molar-refractivity contribution >= 4 is 21.7 Å². The molecule has 1 heterocycles. The molecule has 1 aromatic rings. The van der Waals surface area contributed by atoms with Gasteiger partial charge in [0.05, 0.1) is 17.1 Å². The molecule has 1 aliphatic heterocycles. The topological polar surface area (TPSA) is 80.8 Å². The Morgan fingerprint density at radius 2 is 1.96 bits per heavy atom. The van der Waals surface area contributed by atoms with E-state index in [1.54, 1.807) is 19.1 Å². The molecule has 1 unspecified atom stereocenters. The van der Waals surface area contributed by atoms with E-state index in [-0.39, 0.29) is 30.1 Å². The van der Waals surface area contributed by atoms with Gasteiger partial charge >= 0.3 is 5.97 Å². The summed E-state index contributed by atoms with van der Waals surface area (Å²) in [5, 5.41) is 0. The fourth-order valence-corrected chi connectivity index (χ4v) is 4.55. The van der Waals surface area contributed by atoms with Crippen molar-refractivity contribution in [3.8, 4) is 0 Å². The van der Waals surface area contributed by atoms with Gasteiger partial charge in [-0.15, -0.1) is 0 Å². The SMILES string of the molecule is CCN(C(=O)COC(=O)c1ccc(C)c(C)c1)C1CCS(=O)(=O)C1. The molecule has 1 amide bonds. The van der Waals surface area contributed by atoms with E-state index in [4.69, 9.17) is 4.74 Å². The molecule has 0 saturated carbocycles. The van der Waals surface area contributed by atoms with Crippen LogP contribution in [0.15, 0.2) is 18.2 Å². The van der Waals surface area contributed by atoms with Crippen LogP contribution in [0.25, 0.3) is 0 Å². The molecule has 24 heavy (non-hydrogen) atoms. The predicted molar refractivity (Wildman–Crippen MR) is 90.6 cm³/mol. The van der Waals surface area contributed by atoms with Crippen molar-refractivity contribution in [2.45, 2.75) is 33.2 Å². The second-order valence-electron chi connectivity index (χ2n) is 6.11. The van der Waals surface area contributed by atoms with Crippen LogP contribution in [0, 0.1) is 13.8 Å². The fraction of sp³-hybridized carbons (Fsp3) is 0.529. The number of esters is 1. The van der Waals surface area contributed by atoms with Gasteiger partial charge in [-0.05, 0) is 50.5 Å². The van der Waals surface area contributed by atoms with Gasteiger partial charge < -0.3 is 9.64 Å². The zero-order valence-electron chi connectivity index (χ0n) is 14.2. The van der Waals surface area contributed by atoms with E-state index in [0.29, 0.717) is 18.5 Å². The first kappa shape index (κ1) is 18.4. The average molecular weight is 353 g/mol. The number of benzene rings is 1. The van der Waals surface area contributed by atoms with Gasteiger partial charge in [-0.25, -0.2) is 13.2 Å². The molecule has 1 atom stereocenters. The quantitative estimate of drug-likeness (QED) is 0.749. The normalized spacial score (nSPS) is 19.0. The summed E-state index contributed by atoms with van der Waals surface area (Å²) in [5.41, 5.74) is 2.45. The summed E-state index contributed by atoms with van der Waals surface area (Å²) in [7, 11) is -3.07. The molecule has 0 bridgehead atoms. The molecule has 7 heteroatoms. The number of likely N-dealkylation sites (N-methyl/N-ethyl adjacent to an activating group) is 1. The van der Waals surface area contributed by atoms with Crippen molar-refractivity contribution in [2.75, 3.05) is 24.7 Å². The summed E-state index contributed by atoms with van der Waals surface area (Å²) in [5.74, 6) is -0.833. The van der Waals surface area contributed by atoms with Crippen molar-refractivity contribution in [3.63, 3.8) is 0 Å². The summed E-state index contributed by atoms with van der Waals surface area (Å²) < 4.78 is 28.2. The Morgan fingerprint density at radius 1 is 1.25 bits per heavy atom. The minimum Gasteiger partial charge on any atom is -0.452 e. The van der Waals surface area contributed by atoms with Gasteiger partial charge in [0.2, 0.25) is 0 Å². The lowest BCUT2D eigenvalue weighted by atomic mass is 10.1. The van der Waals surface area contributed by atoms with Crippen LogP contribution in [0.3, 0.4) is 0 Å². The molecule has 1 aromatic carbocycles. The summed E-state index contributed by atoms with van der Waals surface area (Å²) in [4.78, 5) is 25.8. The monoisotopic (exact) mass is 353 g/mol. The van der Waals surface area contributed by atoms with Crippen LogP contribution in [-0.4, -0.2) is 55.9 Å². The Kier molecular flexibility index (Phi) is 5.64. The predicted octanol–water partition coefficient (Wildman–Crippen LogP) is 1.50. The van der Waals surface area contributed by atoms with Crippen molar-refractivity contribution in [1.82, 2.24) is 4.90 Å². The second-order valence-corrected chi connectivity index (χ2v) is 8.34. The molecule has 1 aliphatic rings. The highest BCUT2D eigenvalue weighted by atomic mass is 32.2. The summed E-state index contributed by atoms with van der Waals surface area (Å²) in [6, 6.07) is 4.89. The van der Waals surface area contributed by atoms with E-state index in [2.05, 4.69) is 0 Å². The number of hydrogen-bond donors (Lipinski definition) is 0. The molecule has 0 spiro atoms. The lowest BCUT2D eigenvalue weighted by molar-refractivity contribution is -0.136. The maximum atomic E-state index is 12.3. The van der Waals surface area contributed by atoms with Gasteiger partial charge in [-0.3, -0.25) is 4.79 Å². The minimum absolute atomic E-state index is 0.0162. The largest absolute Gasteiger partial charge is 0.452 e. The van der Waals surface area contributed by atoms with Crippen molar-refractivity contribution in [1.29, 1.82) is 0 Å². The van der Waals surface area contributed by atoms with E-state index < -0.39 is 15.8 Å². The molecule has 2 rings (SSSR count). The highest BCUT2D eigenvalue weighted by molar-refractivity contribution is 7.91. The van der Waals surface area contributed by atoms with Crippen molar-refractivity contribution in [3.05, 3.63) is 34.9 Å². The number of hydrogen-bond acceptors (Lipinski definition) is 5. The molecule has 0 aromatic heterocycles. The number of sulfone groups is 1. The number of amides is 1. The first-order valence-corrected chi connectivity index (χ1v) is 9.80. The zero-order chi connectivity index (χ0) is 17.9. The summed E-state index contributed by atoms with van der Waals surface area (Å²) in [6.45, 7) is 5.64. The molecule has 6 nitrogen and oxygen atoms in total. The highest BCUT2D eigenvalue weighted by Crippen LogP contribution is 2.18. The van der Waals surface area contributed by atoms with Gasteiger partial charge in [-0.1, -0.05) is 6.07 Å². The van der Waals surface area contributed by atoms with E-state index in [9.17, 15) is 18.0 Å². The molecule has 0 aliphatic carbocycles. The lowest BCUT2D eigenvalue weighted by Gasteiger charge is -2.26. The first-order valence-electron chi connectivity index (χ1n) is 7.97. The van der Waals surface area contributed by atoms with Gasteiger partial charge in [-0.2, -0.15) is 0 Å². The number of nitrogens with zero attached hydrogens (tertiary/aromatic N) is 1. The van der Waals surface area contributed by atoms with Gasteiger partial charge in [0.1, 0.15) is 0 Å². The third-order valence-corrected chi connectivity index (χ3v) is 6.13. The Labute approximate surface area is 142 Å². The minimum atomic E-state index is -3.07.